The minimum atomic E-state index is -3.51. The van der Waals surface area contributed by atoms with Crippen molar-refractivity contribution < 1.29 is 13.2 Å². The first-order valence-electron chi connectivity index (χ1n) is 8.32. The number of thioether (sulfide) groups is 1. The van der Waals surface area contributed by atoms with E-state index in [0.29, 0.717) is 30.5 Å². The number of hydrogen-bond acceptors (Lipinski definition) is 7. The number of anilines is 1. The lowest BCUT2D eigenvalue weighted by Crippen LogP contribution is -2.30. The first kappa shape index (κ1) is 21.1. The van der Waals surface area contributed by atoms with Crippen LogP contribution in [0.5, 0.6) is 0 Å². The second-order valence-corrected chi connectivity index (χ2v) is 8.26. The van der Waals surface area contributed by atoms with Crippen LogP contribution in [0.25, 0.3) is 0 Å². The molecule has 27 heavy (non-hydrogen) atoms. The van der Waals surface area contributed by atoms with Crippen LogP contribution in [0.2, 0.25) is 0 Å². The molecule has 11 heteroatoms. The van der Waals surface area contributed by atoms with E-state index < -0.39 is 10.0 Å². The highest BCUT2D eigenvalue weighted by Crippen LogP contribution is 2.19. The number of nitrogens with one attached hydrogen (secondary N) is 1. The lowest BCUT2D eigenvalue weighted by atomic mass is 10.3. The van der Waals surface area contributed by atoms with Crippen LogP contribution in [0.15, 0.2) is 47.0 Å². The number of nitrogens with zero attached hydrogens (tertiary/aromatic N) is 5. The van der Waals surface area contributed by atoms with Gasteiger partial charge in [0.15, 0.2) is 0 Å². The van der Waals surface area contributed by atoms with Gasteiger partial charge in [0, 0.05) is 18.8 Å². The van der Waals surface area contributed by atoms with Gasteiger partial charge in [0.25, 0.3) is 0 Å². The summed E-state index contributed by atoms with van der Waals surface area (Å²) in [6.07, 6.45) is 1.66. The van der Waals surface area contributed by atoms with Crippen molar-refractivity contribution in [2.75, 3.05) is 24.2 Å². The molecule has 1 amide bonds. The minimum absolute atomic E-state index is 0.122. The summed E-state index contributed by atoms with van der Waals surface area (Å²) in [6, 6.07) is 6.11. The third-order valence-corrected chi connectivity index (χ3v) is 6.64. The van der Waals surface area contributed by atoms with Gasteiger partial charge in [0.05, 0.1) is 17.2 Å². The molecule has 0 saturated carbocycles. The summed E-state index contributed by atoms with van der Waals surface area (Å²) in [5, 5.41) is 14.5. The van der Waals surface area contributed by atoms with E-state index in [1.165, 1.54) is 32.9 Å². The zero-order valence-corrected chi connectivity index (χ0v) is 16.8. The van der Waals surface area contributed by atoms with Crippen molar-refractivity contribution in [2.45, 2.75) is 30.4 Å². The minimum Gasteiger partial charge on any atom is -0.325 e. The molecule has 1 N–H and O–H groups in total. The monoisotopic (exact) mass is 410 g/mol. The molecule has 0 aliphatic rings. The number of rotatable bonds is 10. The van der Waals surface area contributed by atoms with Crippen molar-refractivity contribution in [3.63, 3.8) is 0 Å². The quantitative estimate of drug-likeness (QED) is 0.468. The highest BCUT2D eigenvalue weighted by atomic mass is 32.2. The van der Waals surface area contributed by atoms with Crippen molar-refractivity contribution in [2.24, 2.45) is 0 Å². The number of allylic oxidation sites excluding steroid dienone is 1. The van der Waals surface area contributed by atoms with Crippen molar-refractivity contribution >= 4 is 33.4 Å². The third-order valence-electron chi connectivity index (χ3n) is 3.61. The molecule has 2 rings (SSSR count). The summed E-state index contributed by atoms with van der Waals surface area (Å²) in [5.41, 5.74) is 0.518. The number of carbonyl (C=O) groups excluding carboxylic acids is 1. The topological polar surface area (TPSA) is 110 Å². The van der Waals surface area contributed by atoms with Gasteiger partial charge in [-0.25, -0.2) is 13.1 Å². The molecule has 0 spiro atoms. The summed E-state index contributed by atoms with van der Waals surface area (Å²) in [6.45, 7) is 8.47. The second-order valence-electron chi connectivity index (χ2n) is 5.38. The van der Waals surface area contributed by atoms with E-state index in [2.05, 4.69) is 27.4 Å². The summed E-state index contributed by atoms with van der Waals surface area (Å²) in [4.78, 5) is 12.3. The molecule has 0 saturated heterocycles. The van der Waals surface area contributed by atoms with E-state index in [0.717, 1.165) is 0 Å². The van der Waals surface area contributed by atoms with Crippen LogP contribution in [0.3, 0.4) is 0 Å². The van der Waals surface area contributed by atoms with Gasteiger partial charge in [-0.3, -0.25) is 4.79 Å². The number of tetrazole rings is 1. The van der Waals surface area contributed by atoms with Crippen molar-refractivity contribution in [3.05, 3.63) is 36.9 Å². The molecule has 1 aromatic heterocycles. The molecule has 0 unspecified atom stereocenters. The Hall–Kier alpha value is -2.24. The zero-order chi connectivity index (χ0) is 19.9. The third kappa shape index (κ3) is 5.37. The normalized spacial score (nSPS) is 11.5. The number of aromatic nitrogens is 4. The van der Waals surface area contributed by atoms with Crippen LogP contribution in [0.4, 0.5) is 5.69 Å². The van der Waals surface area contributed by atoms with Crippen molar-refractivity contribution in [3.8, 4) is 0 Å². The molecule has 0 bridgehead atoms. The van der Waals surface area contributed by atoms with E-state index in [9.17, 15) is 13.2 Å². The maximum absolute atomic E-state index is 12.5. The molecular formula is C16H22N6O3S2. The Morgan fingerprint density at radius 1 is 1.30 bits per heavy atom. The largest absolute Gasteiger partial charge is 0.325 e. The first-order chi connectivity index (χ1) is 12.9. The predicted octanol–water partition coefficient (Wildman–Crippen LogP) is 1.62. The molecule has 9 nitrogen and oxygen atoms in total. The van der Waals surface area contributed by atoms with Crippen molar-refractivity contribution in [1.82, 2.24) is 24.5 Å². The number of amides is 1. The lowest BCUT2D eigenvalue weighted by Gasteiger charge is -2.18. The van der Waals surface area contributed by atoms with Crippen LogP contribution >= 0.6 is 11.8 Å². The average molecular weight is 411 g/mol. The fourth-order valence-corrected chi connectivity index (χ4v) is 4.43. The van der Waals surface area contributed by atoms with Crippen molar-refractivity contribution in [1.29, 1.82) is 0 Å². The Labute approximate surface area is 162 Å². The molecule has 146 valence electrons. The summed E-state index contributed by atoms with van der Waals surface area (Å²) >= 11 is 1.20. The average Bonchev–Trinajstić information content (AvgIpc) is 3.09. The van der Waals surface area contributed by atoms with E-state index in [1.807, 2.05) is 0 Å². The second kappa shape index (κ2) is 9.62. The fourth-order valence-electron chi connectivity index (χ4n) is 2.29. The van der Waals surface area contributed by atoms with Crippen LogP contribution in [0, 0.1) is 0 Å². The first-order valence-corrected chi connectivity index (χ1v) is 10.7. The molecule has 0 aliphatic carbocycles. The Morgan fingerprint density at radius 2 is 1.96 bits per heavy atom. The standard InChI is InChI=1S/C16H22N6O3S2/c1-4-11-22-16(18-19-20-22)26-12-15(23)17-13-7-9-14(10-8-13)27(24,25)21(5-2)6-3/h4,7-10H,1,5-6,11-12H2,2-3H3,(H,17,23). The summed E-state index contributed by atoms with van der Waals surface area (Å²) in [7, 11) is -3.51. The smallest absolute Gasteiger partial charge is 0.243 e. The highest BCUT2D eigenvalue weighted by molar-refractivity contribution is 7.99. The van der Waals surface area contributed by atoms with Gasteiger partial charge < -0.3 is 5.32 Å². The molecule has 0 fully saturated rings. The molecule has 0 aliphatic heterocycles. The van der Waals surface area contributed by atoms with Crippen LogP contribution < -0.4 is 5.32 Å². The van der Waals surface area contributed by atoms with Gasteiger partial charge in [0.1, 0.15) is 0 Å². The van der Waals surface area contributed by atoms with Crippen LogP contribution in [-0.4, -0.2) is 57.7 Å². The molecule has 1 heterocycles. The Kier molecular flexibility index (Phi) is 7.51. The molecule has 2 aromatic rings. The Bertz CT molecular complexity index is 876. The highest BCUT2D eigenvalue weighted by Gasteiger charge is 2.21. The maximum atomic E-state index is 12.5. The fraction of sp³-hybridized carbons (Fsp3) is 0.375. The number of hydrogen-bond donors (Lipinski definition) is 1. The SMILES string of the molecule is C=CCn1nnnc1SCC(=O)Nc1ccc(S(=O)(=O)N(CC)CC)cc1. The predicted molar refractivity (Wildman–Crippen MR) is 104 cm³/mol. The van der Waals surface area contributed by atoms with Crippen LogP contribution in [0.1, 0.15) is 13.8 Å². The van der Waals surface area contributed by atoms with Gasteiger partial charge in [-0.2, -0.15) is 4.31 Å². The van der Waals surface area contributed by atoms with E-state index in [-0.39, 0.29) is 16.6 Å². The molecule has 1 aromatic carbocycles. The Balaban J connectivity index is 1.97. The number of sulfonamides is 1. The lowest BCUT2D eigenvalue weighted by molar-refractivity contribution is -0.113. The number of carbonyl (C=O) groups is 1. The van der Waals surface area contributed by atoms with Crippen LogP contribution in [-0.2, 0) is 21.4 Å². The number of benzene rings is 1. The molecule has 0 radical (unpaired) electrons. The van der Waals surface area contributed by atoms with E-state index in [1.54, 1.807) is 32.1 Å². The zero-order valence-electron chi connectivity index (χ0n) is 15.2. The maximum Gasteiger partial charge on any atom is 0.243 e. The van der Waals surface area contributed by atoms with Gasteiger partial charge in [-0.15, -0.1) is 11.7 Å². The van der Waals surface area contributed by atoms with Gasteiger partial charge in [-0.05, 0) is 34.7 Å². The van der Waals surface area contributed by atoms with Gasteiger partial charge >= 0.3 is 0 Å². The molecular weight excluding hydrogens is 388 g/mol. The van der Waals surface area contributed by atoms with E-state index in [4.69, 9.17) is 0 Å². The molecule has 0 atom stereocenters. The van der Waals surface area contributed by atoms with Gasteiger partial charge in [-0.1, -0.05) is 31.7 Å². The Morgan fingerprint density at radius 3 is 2.56 bits per heavy atom. The van der Waals surface area contributed by atoms with E-state index >= 15 is 0 Å². The summed E-state index contributed by atoms with van der Waals surface area (Å²) < 4.78 is 27.8. The summed E-state index contributed by atoms with van der Waals surface area (Å²) in [5.74, 6) is -0.121. The van der Waals surface area contributed by atoms with Gasteiger partial charge in [0.2, 0.25) is 21.1 Å².